The number of nitrogens with zero attached hydrogens (tertiary/aromatic N) is 2. The zero-order chi connectivity index (χ0) is 24.4. The monoisotopic (exact) mass is 477 g/mol. The quantitative estimate of drug-likeness (QED) is 0.411. The van der Waals surface area contributed by atoms with Crippen LogP contribution >= 0.6 is 11.3 Å². The summed E-state index contributed by atoms with van der Waals surface area (Å²) < 4.78 is 11.5. The molecule has 2 heterocycles. The molecule has 1 amide bonds. The van der Waals surface area contributed by atoms with Gasteiger partial charge < -0.3 is 14.8 Å². The second-order valence-corrected chi connectivity index (χ2v) is 8.47. The smallest absolute Gasteiger partial charge is 0.359 e. The first-order chi connectivity index (χ1) is 16.3. The summed E-state index contributed by atoms with van der Waals surface area (Å²) in [6.45, 7) is 5.74. The average molecular weight is 478 g/mol. The molecule has 2 aromatic heterocycles. The molecule has 0 unspecified atom stereocenters. The zero-order valence-electron chi connectivity index (χ0n) is 19.2. The van der Waals surface area contributed by atoms with Gasteiger partial charge in [-0.3, -0.25) is 9.59 Å². The van der Waals surface area contributed by atoms with Crippen LogP contribution in [0.4, 0.5) is 5.00 Å². The predicted molar refractivity (Wildman–Crippen MR) is 132 cm³/mol. The number of carbonyl (C=O) groups is 2. The van der Waals surface area contributed by atoms with E-state index in [0.717, 1.165) is 27.1 Å². The van der Waals surface area contributed by atoms with Gasteiger partial charge in [0.05, 0.1) is 24.8 Å². The number of fused-ring (bicyclic) bond motifs is 1. The fourth-order valence-corrected chi connectivity index (χ4v) is 4.38. The predicted octanol–water partition coefficient (Wildman–Crippen LogP) is 4.50. The van der Waals surface area contributed by atoms with E-state index in [0.29, 0.717) is 27.4 Å². The van der Waals surface area contributed by atoms with Crippen molar-refractivity contribution in [2.75, 3.05) is 19.0 Å². The van der Waals surface area contributed by atoms with Crippen LogP contribution in [0.5, 0.6) is 5.75 Å². The number of aromatic nitrogens is 2. The van der Waals surface area contributed by atoms with Crippen LogP contribution < -0.4 is 15.6 Å². The molecule has 9 heteroatoms. The molecule has 34 heavy (non-hydrogen) atoms. The van der Waals surface area contributed by atoms with Gasteiger partial charge in [0.1, 0.15) is 10.8 Å². The van der Waals surface area contributed by atoms with Crippen molar-refractivity contribution in [3.8, 4) is 11.4 Å². The van der Waals surface area contributed by atoms with Gasteiger partial charge in [-0.25, -0.2) is 4.79 Å². The van der Waals surface area contributed by atoms with Crippen molar-refractivity contribution in [1.82, 2.24) is 9.78 Å². The Labute approximate surface area is 199 Å². The minimum atomic E-state index is -0.653. The molecule has 0 atom stereocenters. The zero-order valence-corrected chi connectivity index (χ0v) is 20.0. The Bertz CT molecular complexity index is 1450. The lowest BCUT2D eigenvalue weighted by Gasteiger charge is -2.10. The molecule has 0 saturated heterocycles. The molecule has 1 N–H and O–H groups in total. The summed E-state index contributed by atoms with van der Waals surface area (Å²) in [5, 5.41) is 9.61. The van der Waals surface area contributed by atoms with Crippen molar-refractivity contribution >= 4 is 39.0 Å². The fourth-order valence-electron chi connectivity index (χ4n) is 3.45. The maximum atomic E-state index is 13.5. The summed E-state index contributed by atoms with van der Waals surface area (Å²) in [6, 6.07) is 12.1. The van der Waals surface area contributed by atoms with Crippen LogP contribution in [-0.4, -0.2) is 35.4 Å². The summed E-state index contributed by atoms with van der Waals surface area (Å²) in [5.41, 5.74) is 2.50. The third-order valence-corrected chi connectivity index (χ3v) is 6.33. The number of esters is 1. The summed E-state index contributed by atoms with van der Waals surface area (Å²) >= 11 is 1.15. The van der Waals surface area contributed by atoms with Crippen LogP contribution in [0.15, 0.2) is 52.6 Å². The Morgan fingerprint density at radius 2 is 1.82 bits per heavy atom. The molecule has 8 nitrogen and oxygen atoms in total. The van der Waals surface area contributed by atoms with E-state index < -0.39 is 11.5 Å². The number of carbonyl (C=O) groups excluding carboxylic acids is 2. The van der Waals surface area contributed by atoms with E-state index in [9.17, 15) is 14.4 Å². The van der Waals surface area contributed by atoms with Crippen molar-refractivity contribution < 1.29 is 19.1 Å². The van der Waals surface area contributed by atoms with Crippen molar-refractivity contribution in [3.05, 3.63) is 80.6 Å². The van der Waals surface area contributed by atoms with Crippen molar-refractivity contribution in [2.24, 2.45) is 0 Å². The highest BCUT2D eigenvalue weighted by Gasteiger charge is 2.23. The normalized spacial score (nSPS) is 10.8. The van der Waals surface area contributed by atoms with Gasteiger partial charge in [-0.2, -0.15) is 9.78 Å². The minimum absolute atomic E-state index is 0.00445. The highest BCUT2D eigenvalue weighted by atomic mass is 32.1. The Morgan fingerprint density at radius 3 is 2.47 bits per heavy atom. The number of hydrogen-bond donors (Lipinski definition) is 1. The van der Waals surface area contributed by atoms with E-state index in [2.05, 4.69) is 10.4 Å². The van der Waals surface area contributed by atoms with Crippen LogP contribution in [0, 0.1) is 13.8 Å². The Balaban J connectivity index is 1.86. The van der Waals surface area contributed by atoms with Gasteiger partial charge >= 0.3 is 5.97 Å². The van der Waals surface area contributed by atoms with E-state index in [-0.39, 0.29) is 23.6 Å². The molecule has 0 bridgehead atoms. The highest BCUT2D eigenvalue weighted by Crippen LogP contribution is 2.31. The maximum Gasteiger partial charge on any atom is 0.359 e. The molecular formula is C25H23N3O5S. The third-order valence-electron chi connectivity index (χ3n) is 5.43. The van der Waals surface area contributed by atoms with Crippen LogP contribution in [0.3, 0.4) is 0 Å². The summed E-state index contributed by atoms with van der Waals surface area (Å²) in [4.78, 5) is 39.1. The number of methoxy groups -OCH3 is 1. The molecular weight excluding hydrogens is 454 g/mol. The van der Waals surface area contributed by atoms with Gasteiger partial charge in [0.25, 0.3) is 11.5 Å². The van der Waals surface area contributed by atoms with E-state index in [4.69, 9.17) is 9.47 Å². The average Bonchev–Trinajstić information content (AvgIpc) is 3.25. The maximum absolute atomic E-state index is 13.5. The Hall–Kier alpha value is -3.98. The van der Waals surface area contributed by atoms with Gasteiger partial charge in [-0.15, -0.1) is 11.3 Å². The van der Waals surface area contributed by atoms with Gasteiger partial charge in [0.15, 0.2) is 5.69 Å². The molecule has 4 aromatic rings. The first-order valence-corrected chi connectivity index (χ1v) is 11.5. The summed E-state index contributed by atoms with van der Waals surface area (Å²) in [7, 11) is 1.54. The van der Waals surface area contributed by atoms with Crippen molar-refractivity contribution in [3.63, 3.8) is 0 Å². The second-order valence-electron chi connectivity index (χ2n) is 7.59. The lowest BCUT2D eigenvalue weighted by molar-refractivity contribution is 0.0520. The molecule has 0 aliphatic heterocycles. The number of anilines is 1. The van der Waals surface area contributed by atoms with Crippen molar-refractivity contribution in [1.29, 1.82) is 0 Å². The molecule has 0 radical (unpaired) electrons. The Morgan fingerprint density at radius 1 is 1.09 bits per heavy atom. The molecule has 0 saturated carbocycles. The van der Waals surface area contributed by atoms with Crippen LogP contribution in [0.2, 0.25) is 0 Å². The molecule has 2 aromatic carbocycles. The van der Waals surface area contributed by atoms with E-state index >= 15 is 0 Å². The second kappa shape index (κ2) is 9.48. The Kier molecular flexibility index (Phi) is 6.47. The number of ether oxygens (including phenoxy) is 2. The molecule has 0 aliphatic carbocycles. The summed E-state index contributed by atoms with van der Waals surface area (Å²) in [6.07, 6.45) is 0. The molecule has 174 valence electrons. The lowest BCUT2D eigenvalue weighted by Crippen LogP contribution is -2.25. The molecule has 0 aliphatic rings. The van der Waals surface area contributed by atoms with Gasteiger partial charge in [-0.1, -0.05) is 6.07 Å². The number of rotatable bonds is 6. The first kappa shape index (κ1) is 23.2. The third kappa shape index (κ3) is 4.29. The largest absolute Gasteiger partial charge is 0.497 e. The topological polar surface area (TPSA) is 99.5 Å². The fraction of sp³-hybridized carbons (Fsp3) is 0.200. The molecule has 4 rings (SSSR count). The van der Waals surface area contributed by atoms with Crippen LogP contribution in [-0.2, 0) is 4.74 Å². The first-order valence-electron chi connectivity index (χ1n) is 10.6. The van der Waals surface area contributed by atoms with E-state index in [1.165, 1.54) is 0 Å². The minimum Gasteiger partial charge on any atom is -0.497 e. The molecule has 0 spiro atoms. The van der Waals surface area contributed by atoms with Crippen LogP contribution in [0.25, 0.3) is 16.5 Å². The number of amides is 1. The SMILES string of the molecule is CCOC(=O)c1nn(-c2ccc(OC)cc2)c(=O)c2c(NC(=O)c3ccc(C)c(C)c3)scc12. The number of nitrogens with one attached hydrogen (secondary N) is 1. The van der Waals surface area contributed by atoms with E-state index in [1.54, 1.807) is 55.8 Å². The summed E-state index contributed by atoms with van der Waals surface area (Å²) in [5.74, 6) is -0.392. The number of benzene rings is 2. The van der Waals surface area contributed by atoms with Gasteiger partial charge in [-0.05, 0) is 68.3 Å². The van der Waals surface area contributed by atoms with Gasteiger partial charge in [0.2, 0.25) is 0 Å². The van der Waals surface area contributed by atoms with Crippen molar-refractivity contribution in [2.45, 2.75) is 20.8 Å². The van der Waals surface area contributed by atoms with Crippen LogP contribution in [0.1, 0.15) is 38.9 Å². The van der Waals surface area contributed by atoms with E-state index in [1.807, 2.05) is 19.9 Å². The molecule has 0 fully saturated rings. The number of aryl methyl sites for hydroxylation is 2. The highest BCUT2D eigenvalue weighted by molar-refractivity contribution is 7.16. The lowest BCUT2D eigenvalue weighted by atomic mass is 10.1. The number of hydrogen-bond acceptors (Lipinski definition) is 7. The standard InChI is InChI=1S/C25H23N3O5S/c1-5-33-25(31)21-19-13-34-23(26-22(29)16-7-6-14(2)15(3)12-16)20(19)24(30)28(27-21)17-8-10-18(32-4)11-9-17/h6-13H,5H2,1-4H3,(H,26,29). The number of thiophene rings is 1. The van der Waals surface area contributed by atoms with Gasteiger partial charge in [0, 0.05) is 16.3 Å².